The summed E-state index contributed by atoms with van der Waals surface area (Å²) in [5.41, 5.74) is 0.503. The molecule has 1 aliphatic heterocycles. The maximum absolute atomic E-state index is 13.3. The molecule has 1 atom stereocenters. The molecule has 0 nitrogen and oxygen atoms in total. The minimum Gasteiger partial charge on any atom is -0.207 e. The molecule has 1 aromatic rings. The van der Waals surface area contributed by atoms with Crippen molar-refractivity contribution in [1.29, 1.82) is 0 Å². The van der Waals surface area contributed by atoms with Crippen molar-refractivity contribution in [2.45, 2.75) is 18.1 Å². The number of rotatable bonds is 1. The summed E-state index contributed by atoms with van der Waals surface area (Å²) in [7, 11) is 0. The van der Waals surface area contributed by atoms with Crippen LogP contribution in [0.4, 0.5) is 8.78 Å². The summed E-state index contributed by atoms with van der Waals surface area (Å²) in [6.45, 7) is 1.96. The molecule has 0 N–H and O–H groups in total. The number of halogens is 2. The Labute approximate surface area is 80.3 Å². The Balaban J connectivity index is 2.43. The Morgan fingerprint density at radius 3 is 2.62 bits per heavy atom. The van der Waals surface area contributed by atoms with Gasteiger partial charge in [-0.15, -0.1) is 0 Å². The zero-order valence-corrected chi connectivity index (χ0v) is 8.13. The van der Waals surface area contributed by atoms with Crippen LogP contribution in [0.2, 0.25) is 0 Å². The standard InChI is InChI=1S/C10H10F2S/c1-10(4-5-13-10)8-6-7(11)2-3-9(8)12/h2-3,6H,4-5H2,1H3. The molecule has 0 aromatic heterocycles. The van der Waals surface area contributed by atoms with Gasteiger partial charge in [-0.05, 0) is 37.3 Å². The molecule has 0 radical (unpaired) electrons. The van der Waals surface area contributed by atoms with E-state index in [9.17, 15) is 8.78 Å². The van der Waals surface area contributed by atoms with Gasteiger partial charge in [0.05, 0.1) is 0 Å². The van der Waals surface area contributed by atoms with Crippen LogP contribution >= 0.6 is 11.8 Å². The molecule has 1 fully saturated rings. The summed E-state index contributed by atoms with van der Waals surface area (Å²) < 4.78 is 26.0. The first-order valence-corrected chi connectivity index (χ1v) is 5.20. The number of thioether (sulfide) groups is 1. The van der Waals surface area contributed by atoms with E-state index in [-0.39, 0.29) is 16.4 Å². The molecule has 0 bridgehead atoms. The Hall–Kier alpha value is -0.570. The lowest BCUT2D eigenvalue weighted by atomic mass is 9.96. The predicted octanol–water partition coefficient (Wildman–Crippen LogP) is 3.32. The molecule has 3 heteroatoms. The fraction of sp³-hybridized carbons (Fsp3) is 0.400. The largest absolute Gasteiger partial charge is 0.207 e. The minimum absolute atomic E-state index is 0.202. The molecule has 0 amide bonds. The van der Waals surface area contributed by atoms with Crippen molar-refractivity contribution in [3.63, 3.8) is 0 Å². The summed E-state index contributed by atoms with van der Waals surface area (Å²) in [6.07, 6.45) is 0.929. The lowest BCUT2D eigenvalue weighted by Crippen LogP contribution is -2.29. The Bertz CT molecular complexity index is 332. The molecule has 0 aliphatic carbocycles. The van der Waals surface area contributed by atoms with Crippen molar-refractivity contribution in [3.05, 3.63) is 35.4 Å². The third kappa shape index (κ3) is 1.46. The van der Waals surface area contributed by atoms with Crippen LogP contribution in [0, 0.1) is 11.6 Å². The highest BCUT2D eigenvalue weighted by Gasteiger charge is 2.36. The van der Waals surface area contributed by atoms with E-state index in [2.05, 4.69) is 0 Å². The number of hydrogen-bond donors (Lipinski definition) is 0. The highest BCUT2D eigenvalue weighted by Crippen LogP contribution is 2.49. The van der Waals surface area contributed by atoms with Crippen molar-refractivity contribution >= 4 is 11.8 Å². The molecular formula is C10H10F2S. The minimum atomic E-state index is -0.356. The van der Waals surface area contributed by atoms with Gasteiger partial charge >= 0.3 is 0 Å². The average molecular weight is 200 g/mol. The van der Waals surface area contributed by atoms with Gasteiger partial charge in [-0.25, -0.2) is 8.78 Å². The van der Waals surface area contributed by atoms with Gasteiger partial charge < -0.3 is 0 Å². The first-order chi connectivity index (χ1) is 6.12. The lowest BCUT2D eigenvalue weighted by molar-refractivity contribution is 0.533. The van der Waals surface area contributed by atoms with E-state index in [1.165, 1.54) is 12.1 Å². The highest BCUT2D eigenvalue weighted by atomic mass is 32.2. The Morgan fingerprint density at radius 2 is 2.08 bits per heavy atom. The van der Waals surface area contributed by atoms with Crippen molar-refractivity contribution in [2.24, 2.45) is 0 Å². The topological polar surface area (TPSA) is 0 Å². The van der Waals surface area contributed by atoms with Gasteiger partial charge in [-0.2, -0.15) is 11.8 Å². The zero-order valence-electron chi connectivity index (χ0n) is 7.31. The van der Waals surface area contributed by atoms with Crippen molar-refractivity contribution in [1.82, 2.24) is 0 Å². The lowest BCUT2D eigenvalue weighted by Gasteiger charge is -2.38. The van der Waals surface area contributed by atoms with Gasteiger partial charge in [0.15, 0.2) is 0 Å². The van der Waals surface area contributed by atoms with Crippen molar-refractivity contribution in [2.75, 3.05) is 5.75 Å². The maximum Gasteiger partial charge on any atom is 0.128 e. The normalized spacial score (nSPS) is 27.0. The van der Waals surface area contributed by atoms with Gasteiger partial charge in [0.1, 0.15) is 11.6 Å². The van der Waals surface area contributed by atoms with Crippen LogP contribution in [0.5, 0.6) is 0 Å². The first-order valence-electron chi connectivity index (χ1n) is 4.21. The van der Waals surface area contributed by atoms with Crippen LogP contribution in [-0.2, 0) is 4.75 Å². The summed E-state index contributed by atoms with van der Waals surface area (Å²) >= 11 is 1.68. The van der Waals surface area contributed by atoms with Gasteiger partial charge in [0, 0.05) is 10.3 Å². The third-order valence-electron chi connectivity index (χ3n) is 2.50. The van der Waals surface area contributed by atoms with Crippen LogP contribution in [-0.4, -0.2) is 5.75 Å². The molecule has 1 saturated heterocycles. The molecular weight excluding hydrogens is 190 g/mol. The summed E-state index contributed by atoms with van der Waals surface area (Å²) in [4.78, 5) is 0. The van der Waals surface area contributed by atoms with E-state index in [4.69, 9.17) is 0 Å². The Kier molecular flexibility index (Phi) is 2.06. The van der Waals surface area contributed by atoms with E-state index in [0.717, 1.165) is 18.2 Å². The fourth-order valence-electron chi connectivity index (χ4n) is 1.52. The average Bonchev–Trinajstić information content (AvgIpc) is 2.05. The van der Waals surface area contributed by atoms with Crippen LogP contribution in [0.1, 0.15) is 18.9 Å². The molecule has 1 heterocycles. The van der Waals surface area contributed by atoms with Crippen molar-refractivity contribution < 1.29 is 8.78 Å². The van der Waals surface area contributed by atoms with E-state index in [1.807, 2.05) is 6.92 Å². The van der Waals surface area contributed by atoms with Crippen LogP contribution < -0.4 is 0 Å². The van der Waals surface area contributed by atoms with Gasteiger partial charge in [0.25, 0.3) is 0 Å². The van der Waals surface area contributed by atoms with Gasteiger partial charge in [-0.1, -0.05) is 0 Å². The van der Waals surface area contributed by atoms with Crippen LogP contribution in [0.25, 0.3) is 0 Å². The second-order valence-corrected chi connectivity index (χ2v) is 5.05. The maximum atomic E-state index is 13.3. The first kappa shape index (κ1) is 9.00. The van der Waals surface area contributed by atoms with Gasteiger partial charge in [-0.3, -0.25) is 0 Å². The van der Waals surface area contributed by atoms with E-state index >= 15 is 0 Å². The summed E-state index contributed by atoms with van der Waals surface area (Å²) in [5, 5.41) is 0. The van der Waals surface area contributed by atoms with Crippen LogP contribution in [0.15, 0.2) is 18.2 Å². The predicted molar refractivity (Wildman–Crippen MR) is 50.8 cm³/mol. The van der Waals surface area contributed by atoms with Gasteiger partial charge in [0.2, 0.25) is 0 Å². The SMILES string of the molecule is CC1(c2cc(F)ccc2F)CCS1. The fourth-order valence-corrected chi connectivity index (χ4v) is 2.65. The monoisotopic (exact) mass is 200 g/mol. The molecule has 1 aromatic carbocycles. The second-order valence-electron chi connectivity index (χ2n) is 3.45. The highest BCUT2D eigenvalue weighted by molar-refractivity contribution is 8.01. The summed E-state index contributed by atoms with van der Waals surface area (Å²) in [6, 6.07) is 3.67. The smallest absolute Gasteiger partial charge is 0.128 e. The molecule has 1 unspecified atom stereocenters. The van der Waals surface area contributed by atoms with E-state index < -0.39 is 0 Å². The number of hydrogen-bond acceptors (Lipinski definition) is 1. The second kappa shape index (κ2) is 2.98. The molecule has 0 spiro atoms. The number of benzene rings is 1. The van der Waals surface area contributed by atoms with Crippen LogP contribution in [0.3, 0.4) is 0 Å². The summed E-state index contributed by atoms with van der Waals surface area (Å²) in [5.74, 6) is 0.383. The molecule has 2 rings (SSSR count). The molecule has 1 aliphatic rings. The quantitative estimate of drug-likeness (QED) is 0.670. The third-order valence-corrected chi connectivity index (χ3v) is 3.97. The van der Waals surface area contributed by atoms with E-state index in [0.29, 0.717) is 5.56 Å². The molecule has 13 heavy (non-hydrogen) atoms. The Morgan fingerprint density at radius 1 is 1.38 bits per heavy atom. The molecule has 70 valence electrons. The van der Waals surface area contributed by atoms with E-state index in [1.54, 1.807) is 11.8 Å². The van der Waals surface area contributed by atoms with Crippen molar-refractivity contribution in [3.8, 4) is 0 Å². The molecule has 0 saturated carbocycles. The zero-order chi connectivity index (χ0) is 9.47.